The van der Waals surface area contributed by atoms with Gasteiger partial charge in [0.15, 0.2) is 0 Å². The molecule has 0 radical (unpaired) electrons. The van der Waals surface area contributed by atoms with E-state index in [9.17, 15) is 0 Å². The molecule has 16 heavy (non-hydrogen) atoms. The van der Waals surface area contributed by atoms with Gasteiger partial charge in [-0.05, 0) is 13.8 Å². The van der Waals surface area contributed by atoms with Gasteiger partial charge in [0, 0.05) is 11.6 Å². The van der Waals surface area contributed by atoms with Crippen LogP contribution in [-0.4, -0.2) is 15.2 Å². The maximum Gasteiger partial charge on any atom is 0.316 e. The number of hydrogen-bond donors (Lipinski definition) is 2. The average molecular weight is 239 g/mol. The number of thiazole rings is 1. The van der Waals surface area contributed by atoms with Crippen molar-refractivity contribution in [3.05, 3.63) is 22.5 Å². The molecule has 2 heterocycles. The highest BCUT2D eigenvalue weighted by Gasteiger charge is 2.13. The minimum atomic E-state index is -0.252. The number of nitrogens with zero attached hydrogens (tertiary/aromatic N) is 3. The zero-order chi connectivity index (χ0) is 11.5. The predicted octanol–water partition coefficient (Wildman–Crippen LogP) is 1.72. The van der Waals surface area contributed by atoms with Gasteiger partial charge in [-0.3, -0.25) is 0 Å². The molecule has 0 aliphatic rings. The van der Waals surface area contributed by atoms with E-state index in [1.54, 1.807) is 24.5 Å². The zero-order valence-electron chi connectivity index (χ0n) is 9.04. The van der Waals surface area contributed by atoms with E-state index in [4.69, 9.17) is 10.2 Å². The van der Waals surface area contributed by atoms with Crippen molar-refractivity contribution in [2.75, 3.05) is 5.32 Å². The van der Waals surface area contributed by atoms with Gasteiger partial charge in [-0.25, -0.2) is 4.98 Å². The van der Waals surface area contributed by atoms with Crippen LogP contribution in [0.4, 0.5) is 6.01 Å². The summed E-state index contributed by atoms with van der Waals surface area (Å²) in [6, 6.07) is 0.162. The van der Waals surface area contributed by atoms with Gasteiger partial charge in [-0.2, -0.15) is 0 Å². The standard InChI is InChI=1S/C9H13N5OS/c1-5(10)7-13-14-9(15-7)12-6(2)8-11-3-4-16-8/h3-6H,10H2,1-2H3,(H,12,14). The van der Waals surface area contributed by atoms with Gasteiger partial charge in [0.2, 0.25) is 5.89 Å². The summed E-state index contributed by atoms with van der Waals surface area (Å²) in [6.07, 6.45) is 1.76. The summed E-state index contributed by atoms with van der Waals surface area (Å²) in [6.45, 7) is 3.77. The van der Waals surface area contributed by atoms with Crippen molar-refractivity contribution in [2.45, 2.75) is 25.9 Å². The predicted molar refractivity (Wildman–Crippen MR) is 61.1 cm³/mol. The number of aromatic nitrogens is 3. The third kappa shape index (κ3) is 2.37. The highest BCUT2D eigenvalue weighted by atomic mass is 32.1. The first-order chi connectivity index (χ1) is 7.66. The van der Waals surface area contributed by atoms with Crippen LogP contribution in [0.2, 0.25) is 0 Å². The minimum Gasteiger partial charge on any atom is -0.406 e. The SMILES string of the molecule is CC(N)c1nnc(NC(C)c2nccs2)o1. The van der Waals surface area contributed by atoms with Crippen LogP contribution in [0, 0.1) is 0 Å². The molecule has 2 unspecified atom stereocenters. The van der Waals surface area contributed by atoms with E-state index in [2.05, 4.69) is 20.5 Å². The lowest BCUT2D eigenvalue weighted by Crippen LogP contribution is -2.06. The molecule has 2 aromatic heterocycles. The molecule has 0 aliphatic carbocycles. The van der Waals surface area contributed by atoms with Crippen LogP contribution in [-0.2, 0) is 0 Å². The summed E-state index contributed by atoms with van der Waals surface area (Å²) < 4.78 is 5.33. The number of anilines is 1. The average Bonchev–Trinajstić information content (AvgIpc) is 2.87. The molecule has 0 bridgehead atoms. The Morgan fingerprint density at radius 2 is 2.25 bits per heavy atom. The van der Waals surface area contributed by atoms with Crippen LogP contribution in [0.15, 0.2) is 16.0 Å². The molecule has 6 nitrogen and oxygen atoms in total. The molecule has 7 heteroatoms. The molecule has 2 aromatic rings. The molecule has 0 spiro atoms. The van der Waals surface area contributed by atoms with Crippen molar-refractivity contribution >= 4 is 17.4 Å². The van der Waals surface area contributed by atoms with Crippen molar-refractivity contribution < 1.29 is 4.42 Å². The summed E-state index contributed by atoms with van der Waals surface area (Å²) in [5.41, 5.74) is 5.62. The van der Waals surface area contributed by atoms with Crippen LogP contribution < -0.4 is 11.1 Å². The van der Waals surface area contributed by atoms with Crippen molar-refractivity contribution in [3.8, 4) is 0 Å². The molecule has 0 saturated heterocycles. The van der Waals surface area contributed by atoms with Crippen LogP contribution in [0.25, 0.3) is 0 Å². The van der Waals surface area contributed by atoms with Gasteiger partial charge >= 0.3 is 6.01 Å². The van der Waals surface area contributed by atoms with Crippen LogP contribution in [0.3, 0.4) is 0 Å². The second-order valence-electron chi connectivity index (χ2n) is 3.47. The Hall–Kier alpha value is -1.47. The summed E-state index contributed by atoms with van der Waals surface area (Å²) >= 11 is 1.58. The molecular formula is C9H13N5OS. The van der Waals surface area contributed by atoms with E-state index < -0.39 is 0 Å². The minimum absolute atomic E-state index is 0.0429. The first-order valence-electron chi connectivity index (χ1n) is 4.91. The van der Waals surface area contributed by atoms with Gasteiger partial charge in [-0.15, -0.1) is 16.4 Å². The first kappa shape index (κ1) is 11.0. The molecule has 2 atom stereocenters. The third-order valence-electron chi connectivity index (χ3n) is 1.99. The smallest absolute Gasteiger partial charge is 0.316 e. The highest BCUT2D eigenvalue weighted by Crippen LogP contribution is 2.20. The summed E-state index contributed by atoms with van der Waals surface area (Å²) in [7, 11) is 0. The Morgan fingerprint density at radius 1 is 1.44 bits per heavy atom. The number of rotatable bonds is 4. The molecule has 86 valence electrons. The molecule has 0 aromatic carbocycles. The lowest BCUT2D eigenvalue weighted by molar-refractivity contribution is 0.470. The fourth-order valence-corrected chi connectivity index (χ4v) is 1.82. The molecule has 0 amide bonds. The fraction of sp³-hybridized carbons (Fsp3) is 0.444. The Balaban J connectivity index is 2.03. The number of hydrogen-bond acceptors (Lipinski definition) is 7. The van der Waals surface area contributed by atoms with E-state index in [1.807, 2.05) is 12.3 Å². The van der Waals surface area contributed by atoms with Crippen molar-refractivity contribution in [1.82, 2.24) is 15.2 Å². The number of nitrogens with two attached hydrogens (primary N) is 1. The molecule has 0 saturated carbocycles. The molecule has 2 rings (SSSR count). The maximum atomic E-state index is 5.62. The van der Waals surface area contributed by atoms with Gasteiger partial charge in [0.25, 0.3) is 0 Å². The van der Waals surface area contributed by atoms with Gasteiger partial charge < -0.3 is 15.5 Å². The molecular weight excluding hydrogens is 226 g/mol. The second kappa shape index (κ2) is 4.58. The number of nitrogens with one attached hydrogen (secondary N) is 1. The Bertz CT molecular complexity index is 438. The normalized spacial score (nSPS) is 14.7. The topological polar surface area (TPSA) is 89.9 Å². The van der Waals surface area contributed by atoms with Gasteiger partial charge in [0.1, 0.15) is 5.01 Å². The van der Waals surface area contributed by atoms with E-state index >= 15 is 0 Å². The quantitative estimate of drug-likeness (QED) is 0.844. The zero-order valence-corrected chi connectivity index (χ0v) is 9.86. The van der Waals surface area contributed by atoms with Crippen LogP contribution in [0.1, 0.15) is 36.8 Å². The largest absolute Gasteiger partial charge is 0.406 e. The Morgan fingerprint density at radius 3 is 2.81 bits per heavy atom. The first-order valence-corrected chi connectivity index (χ1v) is 5.79. The van der Waals surface area contributed by atoms with Crippen molar-refractivity contribution in [2.24, 2.45) is 5.73 Å². The van der Waals surface area contributed by atoms with E-state index in [-0.39, 0.29) is 12.1 Å². The molecule has 0 fully saturated rings. The van der Waals surface area contributed by atoms with E-state index in [0.29, 0.717) is 11.9 Å². The van der Waals surface area contributed by atoms with Crippen LogP contribution >= 0.6 is 11.3 Å². The van der Waals surface area contributed by atoms with Gasteiger partial charge in [-0.1, -0.05) is 5.10 Å². The molecule has 3 N–H and O–H groups in total. The lowest BCUT2D eigenvalue weighted by atomic mass is 10.4. The molecule has 0 aliphatic heterocycles. The lowest BCUT2D eigenvalue weighted by Gasteiger charge is -2.07. The second-order valence-corrected chi connectivity index (χ2v) is 4.40. The Labute approximate surface area is 96.9 Å². The monoisotopic (exact) mass is 239 g/mol. The van der Waals surface area contributed by atoms with Crippen LogP contribution in [0.5, 0.6) is 0 Å². The third-order valence-corrected chi connectivity index (χ3v) is 2.95. The summed E-state index contributed by atoms with van der Waals surface area (Å²) in [5, 5.41) is 13.7. The fourth-order valence-electron chi connectivity index (χ4n) is 1.17. The van der Waals surface area contributed by atoms with E-state index in [0.717, 1.165) is 5.01 Å². The van der Waals surface area contributed by atoms with E-state index in [1.165, 1.54) is 0 Å². The maximum absolute atomic E-state index is 5.62. The van der Waals surface area contributed by atoms with Gasteiger partial charge in [0.05, 0.1) is 12.1 Å². The van der Waals surface area contributed by atoms with Crippen molar-refractivity contribution in [3.63, 3.8) is 0 Å². The highest BCUT2D eigenvalue weighted by molar-refractivity contribution is 7.09. The summed E-state index contributed by atoms with van der Waals surface area (Å²) in [5.74, 6) is 0.425. The van der Waals surface area contributed by atoms with Crippen molar-refractivity contribution in [1.29, 1.82) is 0 Å². The Kier molecular flexibility index (Phi) is 3.16. The summed E-state index contributed by atoms with van der Waals surface area (Å²) in [4.78, 5) is 4.20.